The average Bonchev–Trinajstić information content (AvgIpc) is 2.40. The molecule has 0 bridgehead atoms. The summed E-state index contributed by atoms with van der Waals surface area (Å²) in [6.45, 7) is 4.07. The first kappa shape index (κ1) is 13.0. The molecule has 2 aromatic carbocycles. The molecule has 0 aliphatic rings. The second kappa shape index (κ2) is 5.44. The molecular weight excluding hydrogens is 240 g/mol. The fraction of sp³-hybridized carbons (Fsp3) is 0.133. The number of aliphatic imine (C=N–C) groups is 1. The maximum Gasteiger partial charge on any atom is 0.270 e. The minimum Gasteiger partial charge on any atom is -0.258 e. The zero-order valence-corrected chi connectivity index (χ0v) is 10.8. The van der Waals surface area contributed by atoms with Crippen LogP contribution in [0.1, 0.15) is 16.7 Å². The van der Waals surface area contributed by atoms with E-state index in [2.05, 4.69) is 4.99 Å². The van der Waals surface area contributed by atoms with E-state index in [1.54, 1.807) is 18.3 Å². The number of nitro benzene ring substituents is 1. The number of aryl methyl sites for hydroxylation is 2. The first-order valence-corrected chi connectivity index (χ1v) is 5.92. The van der Waals surface area contributed by atoms with E-state index in [1.807, 2.05) is 32.0 Å². The third kappa shape index (κ3) is 3.25. The molecule has 0 unspecified atom stereocenters. The first-order chi connectivity index (χ1) is 9.06. The fourth-order valence-electron chi connectivity index (χ4n) is 1.67. The van der Waals surface area contributed by atoms with Crippen LogP contribution in [0, 0.1) is 24.0 Å². The van der Waals surface area contributed by atoms with Gasteiger partial charge in [0.15, 0.2) is 0 Å². The van der Waals surface area contributed by atoms with E-state index in [1.165, 1.54) is 23.3 Å². The Morgan fingerprint density at radius 1 is 1.11 bits per heavy atom. The lowest BCUT2D eigenvalue weighted by Gasteiger charge is -2.00. The van der Waals surface area contributed by atoms with E-state index >= 15 is 0 Å². The Bertz CT molecular complexity index is 648. The van der Waals surface area contributed by atoms with Crippen molar-refractivity contribution >= 4 is 17.6 Å². The zero-order chi connectivity index (χ0) is 13.8. The van der Waals surface area contributed by atoms with Gasteiger partial charge in [0.25, 0.3) is 5.69 Å². The molecule has 0 spiro atoms. The van der Waals surface area contributed by atoms with Gasteiger partial charge in [-0.05, 0) is 42.7 Å². The molecule has 0 aliphatic carbocycles. The second-order valence-electron chi connectivity index (χ2n) is 4.38. The molecule has 0 heterocycles. The lowest BCUT2D eigenvalue weighted by atomic mass is 10.1. The summed E-state index contributed by atoms with van der Waals surface area (Å²) in [5, 5.41) is 10.7. The highest BCUT2D eigenvalue weighted by atomic mass is 16.6. The average molecular weight is 254 g/mol. The SMILES string of the molecule is Cc1ccc(N=Cc2cccc([N+](=O)[O-])c2)cc1C. The molecule has 0 atom stereocenters. The Morgan fingerprint density at radius 3 is 2.58 bits per heavy atom. The first-order valence-electron chi connectivity index (χ1n) is 5.92. The van der Waals surface area contributed by atoms with Gasteiger partial charge < -0.3 is 0 Å². The normalized spacial score (nSPS) is 10.8. The van der Waals surface area contributed by atoms with Gasteiger partial charge in [-0.2, -0.15) is 0 Å². The molecule has 19 heavy (non-hydrogen) atoms. The standard InChI is InChI=1S/C15H14N2O2/c1-11-6-7-14(8-12(11)2)16-10-13-4-3-5-15(9-13)17(18)19/h3-10H,1-2H3. The lowest BCUT2D eigenvalue weighted by Crippen LogP contribution is -1.89. The fourth-order valence-corrected chi connectivity index (χ4v) is 1.67. The van der Waals surface area contributed by atoms with Crippen molar-refractivity contribution in [3.8, 4) is 0 Å². The highest BCUT2D eigenvalue weighted by molar-refractivity contribution is 5.82. The van der Waals surface area contributed by atoms with Gasteiger partial charge in [-0.1, -0.05) is 18.2 Å². The van der Waals surface area contributed by atoms with E-state index in [4.69, 9.17) is 0 Å². The quantitative estimate of drug-likeness (QED) is 0.473. The molecule has 0 N–H and O–H groups in total. The van der Waals surface area contributed by atoms with Crippen LogP contribution >= 0.6 is 0 Å². The molecule has 0 saturated heterocycles. The molecule has 2 rings (SSSR count). The number of hydrogen-bond donors (Lipinski definition) is 0. The van der Waals surface area contributed by atoms with Crippen LogP contribution in [-0.2, 0) is 0 Å². The smallest absolute Gasteiger partial charge is 0.258 e. The Kier molecular flexibility index (Phi) is 3.71. The van der Waals surface area contributed by atoms with Gasteiger partial charge in [-0.3, -0.25) is 15.1 Å². The van der Waals surface area contributed by atoms with Crippen LogP contribution in [0.4, 0.5) is 11.4 Å². The predicted molar refractivity (Wildman–Crippen MR) is 76.3 cm³/mol. The van der Waals surface area contributed by atoms with Crippen molar-refractivity contribution in [2.24, 2.45) is 4.99 Å². The summed E-state index contributed by atoms with van der Waals surface area (Å²) in [4.78, 5) is 14.6. The van der Waals surface area contributed by atoms with Crippen molar-refractivity contribution in [2.45, 2.75) is 13.8 Å². The van der Waals surface area contributed by atoms with E-state index in [9.17, 15) is 10.1 Å². The van der Waals surface area contributed by atoms with E-state index in [0.717, 1.165) is 5.69 Å². The predicted octanol–water partition coefficient (Wildman–Crippen LogP) is 3.96. The number of rotatable bonds is 3. The summed E-state index contributed by atoms with van der Waals surface area (Å²) in [5.74, 6) is 0. The van der Waals surface area contributed by atoms with Crippen molar-refractivity contribution in [2.75, 3.05) is 0 Å². The van der Waals surface area contributed by atoms with Crippen LogP contribution < -0.4 is 0 Å². The van der Waals surface area contributed by atoms with E-state index in [-0.39, 0.29) is 5.69 Å². The largest absolute Gasteiger partial charge is 0.270 e. The number of non-ortho nitro benzene ring substituents is 1. The van der Waals surface area contributed by atoms with Crippen molar-refractivity contribution in [1.29, 1.82) is 0 Å². The van der Waals surface area contributed by atoms with Gasteiger partial charge in [0.1, 0.15) is 0 Å². The molecule has 0 saturated carbocycles. The van der Waals surface area contributed by atoms with Crippen LogP contribution in [0.3, 0.4) is 0 Å². The molecule has 96 valence electrons. The summed E-state index contributed by atoms with van der Waals surface area (Å²) >= 11 is 0. The minimum atomic E-state index is -0.409. The summed E-state index contributed by atoms with van der Waals surface area (Å²) in [6.07, 6.45) is 1.64. The summed E-state index contributed by atoms with van der Waals surface area (Å²) in [5.41, 5.74) is 4.02. The number of nitro groups is 1. The number of nitrogens with zero attached hydrogens (tertiary/aromatic N) is 2. The van der Waals surface area contributed by atoms with E-state index in [0.29, 0.717) is 5.56 Å². The molecule has 0 amide bonds. The molecule has 0 radical (unpaired) electrons. The zero-order valence-electron chi connectivity index (χ0n) is 10.8. The maximum absolute atomic E-state index is 10.7. The van der Waals surface area contributed by atoms with Crippen LogP contribution in [0.25, 0.3) is 0 Å². The number of hydrogen-bond acceptors (Lipinski definition) is 3. The molecule has 2 aromatic rings. The minimum absolute atomic E-state index is 0.0732. The Labute approximate surface area is 111 Å². The highest BCUT2D eigenvalue weighted by Gasteiger charge is 2.03. The molecule has 4 heteroatoms. The molecule has 4 nitrogen and oxygen atoms in total. The van der Waals surface area contributed by atoms with Gasteiger partial charge in [0.2, 0.25) is 0 Å². The Balaban J connectivity index is 2.24. The summed E-state index contributed by atoms with van der Waals surface area (Å²) in [7, 11) is 0. The van der Waals surface area contributed by atoms with E-state index < -0.39 is 4.92 Å². The summed E-state index contributed by atoms with van der Waals surface area (Å²) < 4.78 is 0. The lowest BCUT2D eigenvalue weighted by molar-refractivity contribution is -0.384. The van der Waals surface area contributed by atoms with Gasteiger partial charge in [0.05, 0.1) is 10.6 Å². The third-order valence-electron chi connectivity index (χ3n) is 2.93. The number of benzene rings is 2. The molecular formula is C15H14N2O2. The maximum atomic E-state index is 10.7. The van der Waals surface area contributed by atoms with Crippen molar-refractivity contribution < 1.29 is 4.92 Å². The van der Waals surface area contributed by atoms with Gasteiger partial charge in [0, 0.05) is 18.3 Å². The van der Waals surface area contributed by atoms with Crippen LogP contribution in [0.15, 0.2) is 47.5 Å². The molecule has 0 fully saturated rings. The third-order valence-corrected chi connectivity index (χ3v) is 2.93. The monoisotopic (exact) mass is 254 g/mol. The van der Waals surface area contributed by atoms with Crippen LogP contribution in [0.2, 0.25) is 0 Å². The van der Waals surface area contributed by atoms with Gasteiger partial charge in [-0.25, -0.2) is 0 Å². The Morgan fingerprint density at radius 2 is 1.89 bits per heavy atom. The van der Waals surface area contributed by atoms with Crippen LogP contribution in [-0.4, -0.2) is 11.1 Å². The highest BCUT2D eigenvalue weighted by Crippen LogP contribution is 2.18. The van der Waals surface area contributed by atoms with Gasteiger partial charge >= 0.3 is 0 Å². The van der Waals surface area contributed by atoms with Gasteiger partial charge in [-0.15, -0.1) is 0 Å². The summed E-state index contributed by atoms with van der Waals surface area (Å²) in [6, 6.07) is 12.3. The van der Waals surface area contributed by atoms with Crippen molar-refractivity contribution in [3.05, 3.63) is 69.3 Å². The van der Waals surface area contributed by atoms with Crippen molar-refractivity contribution in [3.63, 3.8) is 0 Å². The topological polar surface area (TPSA) is 55.5 Å². The van der Waals surface area contributed by atoms with Crippen molar-refractivity contribution in [1.82, 2.24) is 0 Å². The van der Waals surface area contributed by atoms with Crippen LogP contribution in [0.5, 0.6) is 0 Å². The molecule has 0 aromatic heterocycles. The molecule has 0 aliphatic heterocycles. The second-order valence-corrected chi connectivity index (χ2v) is 4.38. The Hall–Kier alpha value is -2.49.